The fourth-order valence-electron chi connectivity index (χ4n) is 4.55. The van der Waals surface area contributed by atoms with Gasteiger partial charge < -0.3 is 20.9 Å². The fraction of sp³-hybridized carbons (Fsp3) is 0.650. The Balaban J connectivity index is 1.52. The van der Waals surface area contributed by atoms with Crippen molar-refractivity contribution in [3.8, 4) is 0 Å². The fourth-order valence-corrected chi connectivity index (χ4v) is 4.55. The Hall–Kier alpha value is -1.45. The van der Waals surface area contributed by atoms with Crippen molar-refractivity contribution in [3.05, 3.63) is 35.4 Å². The minimum atomic E-state index is -1.34. The first-order valence-electron chi connectivity index (χ1n) is 10.2. The van der Waals surface area contributed by atoms with Gasteiger partial charge in [0.25, 0.3) is 0 Å². The van der Waals surface area contributed by atoms with Gasteiger partial charge in [-0.3, -0.25) is 15.0 Å². The van der Waals surface area contributed by atoms with E-state index in [9.17, 15) is 9.90 Å². The van der Waals surface area contributed by atoms with E-state index in [0.717, 1.165) is 25.8 Å². The van der Waals surface area contributed by atoms with Crippen molar-refractivity contribution < 1.29 is 19.9 Å². The van der Waals surface area contributed by atoms with Crippen LogP contribution in [-0.4, -0.2) is 57.9 Å². The summed E-state index contributed by atoms with van der Waals surface area (Å²) in [6.45, 7) is 0.855. The summed E-state index contributed by atoms with van der Waals surface area (Å²) in [5, 5.41) is 31.2. The second kappa shape index (κ2) is 8.92. The molecule has 0 bridgehead atoms. The van der Waals surface area contributed by atoms with Crippen LogP contribution < -0.4 is 11.1 Å². The summed E-state index contributed by atoms with van der Waals surface area (Å²) in [5.41, 5.74) is 7.80. The van der Waals surface area contributed by atoms with Crippen molar-refractivity contribution in [3.63, 3.8) is 0 Å². The molecule has 0 saturated heterocycles. The molecule has 154 valence electrons. The van der Waals surface area contributed by atoms with Crippen LogP contribution in [0.15, 0.2) is 24.3 Å². The van der Waals surface area contributed by atoms with E-state index in [-0.39, 0.29) is 18.4 Å². The highest BCUT2D eigenvalue weighted by Gasteiger charge is 2.49. The number of fused-ring (bicyclic) bond motifs is 1. The molecule has 8 heteroatoms. The Labute approximate surface area is 167 Å². The van der Waals surface area contributed by atoms with E-state index in [1.54, 1.807) is 0 Å². The van der Waals surface area contributed by atoms with Crippen LogP contribution in [-0.2, 0) is 17.8 Å². The second-order valence-corrected chi connectivity index (χ2v) is 8.43. The molecule has 0 radical (unpaired) electrons. The Morgan fingerprint density at radius 2 is 1.96 bits per heavy atom. The monoisotopic (exact) mass is 389 g/mol. The number of aliphatic carboxylic acids is 1. The maximum absolute atomic E-state index is 11.8. The highest BCUT2D eigenvalue weighted by Crippen LogP contribution is 2.41. The molecular formula is C20H32BN3O4. The smallest absolute Gasteiger partial charge is 0.451 e. The Morgan fingerprint density at radius 1 is 1.29 bits per heavy atom. The Kier molecular flexibility index (Phi) is 6.78. The molecule has 3 rings (SSSR count). The van der Waals surface area contributed by atoms with Gasteiger partial charge in [-0.1, -0.05) is 37.1 Å². The van der Waals surface area contributed by atoms with Crippen molar-refractivity contribution in [1.82, 2.24) is 10.2 Å². The summed E-state index contributed by atoms with van der Waals surface area (Å²) < 4.78 is 0. The minimum Gasteiger partial charge on any atom is -0.480 e. The lowest BCUT2D eigenvalue weighted by Gasteiger charge is -2.50. The maximum Gasteiger partial charge on any atom is 0.451 e. The molecule has 1 aliphatic heterocycles. The molecule has 0 spiro atoms. The molecule has 6 N–H and O–H groups in total. The first-order valence-corrected chi connectivity index (χ1v) is 10.2. The summed E-state index contributed by atoms with van der Waals surface area (Å²) in [5.74, 6) is -1.000. The van der Waals surface area contributed by atoms with E-state index in [2.05, 4.69) is 41.5 Å². The number of likely N-dealkylation sites (N-methyl/N-ethyl adjacent to an activating group) is 1. The molecule has 0 amide bonds. The Morgan fingerprint density at radius 3 is 2.61 bits per heavy atom. The molecule has 7 nitrogen and oxygen atoms in total. The molecule has 1 aromatic carbocycles. The van der Waals surface area contributed by atoms with Gasteiger partial charge >= 0.3 is 13.1 Å². The van der Waals surface area contributed by atoms with Crippen LogP contribution in [0.4, 0.5) is 0 Å². The average molecular weight is 389 g/mol. The van der Waals surface area contributed by atoms with E-state index in [0.29, 0.717) is 25.3 Å². The SMILES string of the molecule is CN(C1CC([C@@](N)(CCCCB(O)O)C(=O)O)C1)[C@H]1Cc2ccccc2CN1. The quantitative estimate of drug-likeness (QED) is 0.313. The molecule has 1 aliphatic carbocycles. The van der Waals surface area contributed by atoms with Crippen molar-refractivity contribution in [2.24, 2.45) is 11.7 Å². The molecule has 1 aromatic rings. The largest absolute Gasteiger partial charge is 0.480 e. The molecule has 28 heavy (non-hydrogen) atoms. The number of hydrogen-bond donors (Lipinski definition) is 5. The zero-order valence-electron chi connectivity index (χ0n) is 16.6. The average Bonchev–Trinajstić information content (AvgIpc) is 2.63. The van der Waals surface area contributed by atoms with Crippen molar-refractivity contribution in [2.75, 3.05) is 7.05 Å². The number of rotatable bonds is 9. The first-order chi connectivity index (χ1) is 13.3. The lowest BCUT2D eigenvalue weighted by Crippen LogP contribution is -2.63. The van der Waals surface area contributed by atoms with E-state index in [1.165, 1.54) is 11.1 Å². The number of benzene rings is 1. The van der Waals surface area contributed by atoms with Crippen molar-refractivity contribution in [2.45, 2.75) is 69.1 Å². The Bertz CT molecular complexity index is 683. The molecular weight excluding hydrogens is 357 g/mol. The number of hydrogen-bond acceptors (Lipinski definition) is 6. The van der Waals surface area contributed by atoms with E-state index < -0.39 is 18.6 Å². The predicted molar refractivity (Wildman–Crippen MR) is 108 cm³/mol. The lowest BCUT2D eigenvalue weighted by molar-refractivity contribution is -0.149. The number of carboxylic acids is 1. The third kappa shape index (κ3) is 4.58. The predicted octanol–water partition coefficient (Wildman–Crippen LogP) is 0.794. The standard InChI is InChI=1S/C20H32BN3O4/c1-24(18-10-14-6-2-3-7-15(14)13-23-18)17-11-16(12-17)20(22,19(25)26)8-4-5-9-21(27)28/h2-3,6-7,16-18,23,27-28H,4-5,8-13,22H2,1H3,(H,25,26)/t16?,17?,18-,20-/m0/s1. The van der Waals surface area contributed by atoms with Gasteiger partial charge in [-0.15, -0.1) is 0 Å². The topological polar surface area (TPSA) is 119 Å². The van der Waals surface area contributed by atoms with Crippen LogP contribution in [0.25, 0.3) is 0 Å². The lowest BCUT2D eigenvalue weighted by atomic mass is 9.65. The first kappa shape index (κ1) is 21.3. The number of nitrogens with zero attached hydrogens (tertiary/aromatic N) is 1. The summed E-state index contributed by atoms with van der Waals surface area (Å²) in [6, 6.07) is 8.80. The summed E-state index contributed by atoms with van der Waals surface area (Å²) >= 11 is 0. The molecule has 1 heterocycles. The van der Waals surface area contributed by atoms with E-state index in [1.807, 2.05) is 0 Å². The number of unbranched alkanes of at least 4 members (excludes halogenated alkanes) is 1. The molecule has 1 fully saturated rings. The molecule has 0 unspecified atom stereocenters. The summed E-state index contributed by atoms with van der Waals surface area (Å²) in [4.78, 5) is 14.2. The van der Waals surface area contributed by atoms with E-state index >= 15 is 0 Å². The number of carbonyl (C=O) groups is 1. The number of nitrogens with one attached hydrogen (secondary N) is 1. The van der Waals surface area contributed by atoms with Crippen LogP contribution >= 0.6 is 0 Å². The summed E-state index contributed by atoms with van der Waals surface area (Å²) in [6.07, 6.45) is 4.52. The van der Waals surface area contributed by atoms with Crippen molar-refractivity contribution >= 4 is 13.1 Å². The van der Waals surface area contributed by atoms with Gasteiger partial charge in [0.1, 0.15) is 5.54 Å². The highest BCUT2D eigenvalue weighted by molar-refractivity contribution is 6.40. The molecule has 1 saturated carbocycles. The summed E-state index contributed by atoms with van der Waals surface area (Å²) in [7, 11) is 0.764. The van der Waals surface area contributed by atoms with Gasteiger partial charge in [-0.2, -0.15) is 0 Å². The highest BCUT2D eigenvalue weighted by atomic mass is 16.4. The van der Waals surface area contributed by atoms with Gasteiger partial charge in [0.15, 0.2) is 0 Å². The van der Waals surface area contributed by atoms with Crippen molar-refractivity contribution in [1.29, 1.82) is 0 Å². The van der Waals surface area contributed by atoms with Crippen LogP contribution in [0.1, 0.15) is 43.2 Å². The van der Waals surface area contributed by atoms with Crippen LogP contribution in [0, 0.1) is 5.92 Å². The second-order valence-electron chi connectivity index (χ2n) is 8.43. The molecule has 0 aromatic heterocycles. The van der Waals surface area contributed by atoms with Crippen LogP contribution in [0.5, 0.6) is 0 Å². The molecule has 2 atom stereocenters. The zero-order chi connectivity index (χ0) is 20.3. The number of carboxylic acid groups (broad SMARTS) is 1. The normalized spacial score (nSPS) is 26.2. The minimum absolute atomic E-state index is 0.0487. The van der Waals surface area contributed by atoms with E-state index in [4.69, 9.17) is 15.8 Å². The van der Waals surface area contributed by atoms with Gasteiger partial charge in [-0.05, 0) is 49.7 Å². The maximum atomic E-state index is 11.8. The third-order valence-electron chi connectivity index (χ3n) is 6.67. The van der Waals surface area contributed by atoms with Crippen LogP contribution in [0.2, 0.25) is 6.32 Å². The van der Waals surface area contributed by atoms with Gasteiger partial charge in [0.05, 0.1) is 6.17 Å². The molecule has 2 aliphatic rings. The van der Waals surface area contributed by atoms with Gasteiger partial charge in [0.2, 0.25) is 0 Å². The van der Waals surface area contributed by atoms with Gasteiger partial charge in [0, 0.05) is 19.0 Å². The van der Waals surface area contributed by atoms with Gasteiger partial charge in [-0.25, -0.2) is 0 Å². The zero-order valence-corrected chi connectivity index (χ0v) is 16.6. The third-order valence-corrected chi connectivity index (χ3v) is 6.67. The van der Waals surface area contributed by atoms with Crippen LogP contribution in [0.3, 0.4) is 0 Å². The number of nitrogens with two attached hydrogens (primary N) is 1.